The highest BCUT2D eigenvalue weighted by Gasteiger charge is 2.17. The van der Waals surface area contributed by atoms with Crippen molar-refractivity contribution in [1.82, 2.24) is 15.0 Å². The zero-order chi connectivity index (χ0) is 14.4. The van der Waals surface area contributed by atoms with Gasteiger partial charge in [-0.2, -0.15) is 15.0 Å². The Hall–Kier alpha value is -1.59. The lowest BCUT2D eigenvalue weighted by atomic mass is 10.1. The van der Waals surface area contributed by atoms with Gasteiger partial charge in [0.1, 0.15) is 0 Å². The summed E-state index contributed by atoms with van der Waals surface area (Å²) in [5, 5.41) is 3.28. The normalized spacial score (nSPS) is 15.2. The second-order valence-corrected chi connectivity index (χ2v) is 5.25. The van der Waals surface area contributed by atoms with Gasteiger partial charge in [0, 0.05) is 33.2 Å². The van der Waals surface area contributed by atoms with Crippen molar-refractivity contribution in [2.45, 2.75) is 39.5 Å². The van der Waals surface area contributed by atoms with Gasteiger partial charge in [-0.05, 0) is 32.6 Å². The zero-order valence-corrected chi connectivity index (χ0v) is 12.9. The number of aromatic nitrogens is 3. The summed E-state index contributed by atoms with van der Waals surface area (Å²) in [5.74, 6) is 2.26. The Morgan fingerprint density at radius 2 is 1.85 bits per heavy atom. The molecular weight excluding hydrogens is 252 g/mol. The molecule has 1 fully saturated rings. The van der Waals surface area contributed by atoms with Crippen LogP contribution in [-0.2, 0) is 0 Å². The maximum atomic E-state index is 4.63. The smallest absolute Gasteiger partial charge is 0.231 e. The molecule has 1 N–H and O–H groups in total. The number of anilines is 3. The topological polar surface area (TPSA) is 57.2 Å². The standard InChI is InChI=1S/C14H26N6/c1-4-9-15-12-16-13(19(3)5-2)18-14(17-12)20-10-7-6-8-11-20/h4-11H2,1-3H3,(H,15,16,17,18). The quantitative estimate of drug-likeness (QED) is 0.860. The zero-order valence-electron chi connectivity index (χ0n) is 12.9. The fourth-order valence-electron chi connectivity index (χ4n) is 2.22. The molecule has 0 aromatic carbocycles. The molecule has 0 spiro atoms. The second-order valence-electron chi connectivity index (χ2n) is 5.25. The average Bonchev–Trinajstić information content (AvgIpc) is 2.52. The summed E-state index contributed by atoms with van der Waals surface area (Å²) in [6.07, 6.45) is 4.82. The van der Waals surface area contributed by atoms with Gasteiger partial charge < -0.3 is 15.1 Å². The summed E-state index contributed by atoms with van der Waals surface area (Å²) in [6, 6.07) is 0. The van der Waals surface area contributed by atoms with Crippen LogP contribution in [0, 0.1) is 0 Å². The lowest BCUT2D eigenvalue weighted by Gasteiger charge is -2.27. The monoisotopic (exact) mass is 278 g/mol. The third-order valence-corrected chi connectivity index (χ3v) is 3.60. The average molecular weight is 278 g/mol. The summed E-state index contributed by atoms with van der Waals surface area (Å²) in [5.41, 5.74) is 0. The number of hydrogen-bond acceptors (Lipinski definition) is 6. The van der Waals surface area contributed by atoms with Gasteiger partial charge in [0.2, 0.25) is 17.8 Å². The molecule has 2 rings (SSSR count). The fraction of sp³-hybridized carbons (Fsp3) is 0.786. The summed E-state index contributed by atoms with van der Waals surface area (Å²) in [6.45, 7) is 8.11. The minimum atomic E-state index is 0.692. The van der Waals surface area contributed by atoms with E-state index in [0.29, 0.717) is 5.95 Å². The molecule has 6 heteroatoms. The van der Waals surface area contributed by atoms with Crippen molar-refractivity contribution in [3.05, 3.63) is 0 Å². The van der Waals surface area contributed by atoms with E-state index in [4.69, 9.17) is 0 Å². The van der Waals surface area contributed by atoms with Gasteiger partial charge in [-0.25, -0.2) is 0 Å². The van der Waals surface area contributed by atoms with Crippen molar-refractivity contribution >= 4 is 17.8 Å². The highest BCUT2D eigenvalue weighted by Crippen LogP contribution is 2.19. The Morgan fingerprint density at radius 1 is 1.10 bits per heavy atom. The van der Waals surface area contributed by atoms with Gasteiger partial charge in [0.15, 0.2) is 0 Å². The van der Waals surface area contributed by atoms with Crippen LogP contribution in [0.15, 0.2) is 0 Å². The van der Waals surface area contributed by atoms with E-state index in [1.165, 1.54) is 19.3 Å². The summed E-state index contributed by atoms with van der Waals surface area (Å²) in [4.78, 5) is 18.0. The van der Waals surface area contributed by atoms with E-state index in [-0.39, 0.29) is 0 Å². The highest BCUT2D eigenvalue weighted by atomic mass is 15.4. The minimum absolute atomic E-state index is 0.692. The number of rotatable bonds is 6. The van der Waals surface area contributed by atoms with Gasteiger partial charge in [-0.3, -0.25) is 0 Å². The first-order valence-corrected chi connectivity index (χ1v) is 7.70. The molecule has 0 bridgehead atoms. The van der Waals surface area contributed by atoms with Crippen LogP contribution in [0.1, 0.15) is 39.5 Å². The Bertz CT molecular complexity index is 416. The van der Waals surface area contributed by atoms with Gasteiger partial charge in [0.25, 0.3) is 0 Å². The molecule has 6 nitrogen and oxygen atoms in total. The van der Waals surface area contributed by atoms with Crippen LogP contribution in [0.4, 0.5) is 17.8 Å². The summed E-state index contributed by atoms with van der Waals surface area (Å²) < 4.78 is 0. The van der Waals surface area contributed by atoms with E-state index in [0.717, 1.165) is 44.5 Å². The Kier molecular flexibility index (Phi) is 5.38. The molecule has 0 atom stereocenters. The molecule has 0 saturated carbocycles. The van der Waals surface area contributed by atoms with E-state index in [1.54, 1.807) is 0 Å². The third kappa shape index (κ3) is 3.71. The summed E-state index contributed by atoms with van der Waals surface area (Å²) >= 11 is 0. The third-order valence-electron chi connectivity index (χ3n) is 3.60. The Labute approximate surface area is 121 Å². The van der Waals surface area contributed by atoms with Crippen molar-refractivity contribution < 1.29 is 0 Å². The largest absolute Gasteiger partial charge is 0.354 e. The molecule has 20 heavy (non-hydrogen) atoms. The van der Waals surface area contributed by atoms with Crippen LogP contribution >= 0.6 is 0 Å². The number of nitrogens with one attached hydrogen (secondary N) is 1. The molecule has 1 aliphatic heterocycles. The second kappa shape index (κ2) is 7.26. The van der Waals surface area contributed by atoms with E-state index >= 15 is 0 Å². The molecule has 0 aliphatic carbocycles. The van der Waals surface area contributed by atoms with Crippen LogP contribution in [0.25, 0.3) is 0 Å². The number of nitrogens with zero attached hydrogens (tertiary/aromatic N) is 5. The fourth-order valence-corrected chi connectivity index (χ4v) is 2.22. The van der Waals surface area contributed by atoms with E-state index in [9.17, 15) is 0 Å². The molecule has 0 unspecified atom stereocenters. The van der Waals surface area contributed by atoms with Crippen LogP contribution in [0.3, 0.4) is 0 Å². The predicted molar refractivity (Wildman–Crippen MR) is 83.6 cm³/mol. The lowest BCUT2D eigenvalue weighted by Crippen LogP contribution is -2.32. The molecule has 1 aliphatic rings. The molecule has 0 amide bonds. The van der Waals surface area contributed by atoms with Gasteiger partial charge >= 0.3 is 0 Å². The highest BCUT2D eigenvalue weighted by molar-refractivity contribution is 5.45. The van der Waals surface area contributed by atoms with Crippen LogP contribution in [-0.4, -0.2) is 48.2 Å². The molecular formula is C14H26N6. The first kappa shape index (κ1) is 14.8. The molecule has 112 valence electrons. The first-order chi connectivity index (χ1) is 9.74. The SMILES string of the molecule is CCCNc1nc(N(C)CC)nc(N2CCCCC2)n1. The summed E-state index contributed by atoms with van der Waals surface area (Å²) in [7, 11) is 2.01. The van der Waals surface area contributed by atoms with E-state index < -0.39 is 0 Å². The molecule has 2 heterocycles. The Morgan fingerprint density at radius 3 is 2.50 bits per heavy atom. The maximum Gasteiger partial charge on any atom is 0.231 e. The molecule has 1 aromatic heterocycles. The number of hydrogen-bond donors (Lipinski definition) is 1. The first-order valence-electron chi connectivity index (χ1n) is 7.70. The van der Waals surface area contributed by atoms with Crippen molar-refractivity contribution in [2.24, 2.45) is 0 Å². The van der Waals surface area contributed by atoms with Gasteiger partial charge in [-0.15, -0.1) is 0 Å². The maximum absolute atomic E-state index is 4.63. The van der Waals surface area contributed by atoms with Crippen LogP contribution < -0.4 is 15.1 Å². The van der Waals surface area contributed by atoms with E-state index in [1.807, 2.05) is 11.9 Å². The van der Waals surface area contributed by atoms with E-state index in [2.05, 4.69) is 39.0 Å². The predicted octanol–water partition coefficient (Wildman–Crippen LogP) is 2.14. The van der Waals surface area contributed by atoms with Crippen LogP contribution in [0.5, 0.6) is 0 Å². The van der Waals surface area contributed by atoms with Gasteiger partial charge in [-0.1, -0.05) is 6.92 Å². The van der Waals surface area contributed by atoms with Crippen LogP contribution in [0.2, 0.25) is 0 Å². The van der Waals surface area contributed by atoms with Crippen molar-refractivity contribution in [3.8, 4) is 0 Å². The lowest BCUT2D eigenvalue weighted by molar-refractivity contribution is 0.567. The van der Waals surface area contributed by atoms with Crippen molar-refractivity contribution in [1.29, 1.82) is 0 Å². The van der Waals surface area contributed by atoms with Gasteiger partial charge in [0.05, 0.1) is 0 Å². The van der Waals surface area contributed by atoms with Crippen molar-refractivity contribution in [3.63, 3.8) is 0 Å². The molecule has 1 saturated heterocycles. The Balaban J connectivity index is 2.23. The minimum Gasteiger partial charge on any atom is -0.354 e. The molecule has 0 radical (unpaired) electrons. The number of piperidine rings is 1. The molecule has 1 aromatic rings. The van der Waals surface area contributed by atoms with Crippen molar-refractivity contribution in [2.75, 3.05) is 48.3 Å².